The molecule has 22 heavy (non-hydrogen) atoms. The van der Waals surface area contributed by atoms with Crippen LogP contribution in [0.15, 0.2) is 28.6 Å². The number of rotatable bonds is 3. The van der Waals surface area contributed by atoms with Gasteiger partial charge in [0.25, 0.3) is 11.5 Å². The van der Waals surface area contributed by atoms with Crippen molar-refractivity contribution in [2.24, 2.45) is 7.05 Å². The van der Waals surface area contributed by atoms with Crippen LogP contribution < -0.4 is 5.56 Å². The van der Waals surface area contributed by atoms with Gasteiger partial charge in [-0.25, -0.2) is 4.98 Å². The topological polar surface area (TPSA) is 55.2 Å². The van der Waals surface area contributed by atoms with Crippen molar-refractivity contribution in [1.82, 2.24) is 14.5 Å². The Labute approximate surface area is 135 Å². The second kappa shape index (κ2) is 5.66. The largest absolute Gasteiger partial charge is 0.336 e. The molecule has 0 aliphatic heterocycles. The maximum absolute atomic E-state index is 12.7. The van der Waals surface area contributed by atoms with Crippen molar-refractivity contribution in [3.63, 3.8) is 0 Å². The van der Waals surface area contributed by atoms with E-state index in [1.165, 1.54) is 22.2 Å². The SMILES string of the molecule is Cc1c(C(=O)N(C)Cc2cccs2)sc2ncn(C)c(=O)c12. The Morgan fingerprint density at radius 3 is 2.91 bits per heavy atom. The number of hydrogen-bond donors (Lipinski definition) is 0. The van der Waals surface area contributed by atoms with E-state index in [-0.39, 0.29) is 11.5 Å². The number of thiophene rings is 2. The maximum atomic E-state index is 12.7. The first-order chi connectivity index (χ1) is 10.5. The minimum Gasteiger partial charge on any atom is -0.336 e. The number of aromatic nitrogens is 2. The molecule has 0 bridgehead atoms. The van der Waals surface area contributed by atoms with Gasteiger partial charge in [0.05, 0.1) is 23.1 Å². The van der Waals surface area contributed by atoms with Crippen LogP contribution >= 0.6 is 22.7 Å². The Kier molecular flexibility index (Phi) is 3.84. The molecule has 0 saturated heterocycles. The normalized spacial score (nSPS) is 11.0. The first-order valence-electron chi connectivity index (χ1n) is 6.71. The van der Waals surface area contributed by atoms with Crippen molar-refractivity contribution >= 4 is 38.8 Å². The molecule has 0 fully saturated rings. The third-order valence-corrected chi connectivity index (χ3v) is 5.57. The Morgan fingerprint density at radius 1 is 1.45 bits per heavy atom. The summed E-state index contributed by atoms with van der Waals surface area (Å²) in [5.74, 6) is -0.0732. The summed E-state index contributed by atoms with van der Waals surface area (Å²) in [6, 6.07) is 3.97. The van der Waals surface area contributed by atoms with Crippen LogP contribution in [0.25, 0.3) is 10.2 Å². The van der Waals surface area contributed by atoms with Gasteiger partial charge < -0.3 is 9.47 Å². The summed E-state index contributed by atoms with van der Waals surface area (Å²) < 4.78 is 1.44. The van der Waals surface area contributed by atoms with E-state index in [0.29, 0.717) is 21.6 Å². The summed E-state index contributed by atoms with van der Waals surface area (Å²) in [5, 5.41) is 2.54. The summed E-state index contributed by atoms with van der Waals surface area (Å²) in [4.78, 5) is 33.1. The van der Waals surface area contributed by atoms with Crippen LogP contribution in [0.5, 0.6) is 0 Å². The third-order valence-electron chi connectivity index (χ3n) is 3.52. The molecular formula is C15H15N3O2S2. The minimum atomic E-state index is -0.112. The molecule has 0 saturated carbocycles. The predicted molar refractivity (Wildman–Crippen MR) is 89.7 cm³/mol. The molecule has 3 aromatic rings. The first kappa shape index (κ1) is 14.9. The van der Waals surface area contributed by atoms with Gasteiger partial charge in [0, 0.05) is 19.0 Å². The zero-order valence-corrected chi connectivity index (χ0v) is 14.1. The fraction of sp³-hybridized carbons (Fsp3) is 0.267. The molecule has 0 atom stereocenters. The number of aryl methyl sites for hydroxylation is 2. The Balaban J connectivity index is 1.99. The molecule has 0 unspecified atom stereocenters. The van der Waals surface area contributed by atoms with Crippen molar-refractivity contribution < 1.29 is 4.79 Å². The lowest BCUT2D eigenvalue weighted by molar-refractivity contribution is 0.0790. The van der Waals surface area contributed by atoms with Crippen LogP contribution in [-0.4, -0.2) is 27.4 Å². The fourth-order valence-corrected chi connectivity index (χ4v) is 4.19. The average molecular weight is 333 g/mol. The number of carbonyl (C=O) groups is 1. The molecule has 3 heterocycles. The lowest BCUT2D eigenvalue weighted by Gasteiger charge is -2.15. The van der Waals surface area contributed by atoms with Crippen molar-refractivity contribution in [1.29, 1.82) is 0 Å². The number of nitrogens with zero attached hydrogens (tertiary/aromatic N) is 3. The van der Waals surface area contributed by atoms with E-state index in [9.17, 15) is 9.59 Å². The molecule has 5 nitrogen and oxygen atoms in total. The van der Waals surface area contributed by atoms with Crippen LogP contribution in [0.4, 0.5) is 0 Å². The second-order valence-electron chi connectivity index (χ2n) is 5.14. The molecule has 3 rings (SSSR count). The molecule has 0 N–H and O–H groups in total. The minimum absolute atomic E-state index is 0.0732. The van der Waals surface area contributed by atoms with E-state index in [4.69, 9.17) is 0 Å². The lowest BCUT2D eigenvalue weighted by Crippen LogP contribution is -2.25. The van der Waals surface area contributed by atoms with Gasteiger partial charge in [-0.2, -0.15) is 0 Å². The van der Waals surface area contributed by atoms with Crippen molar-refractivity contribution in [2.75, 3.05) is 7.05 Å². The van der Waals surface area contributed by atoms with E-state index in [0.717, 1.165) is 10.4 Å². The van der Waals surface area contributed by atoms with Gasteiger partial charge in [0.1, 0.15) is 4.83 Å². The number of hydrogen-bond acceptors (Lipinski definition) is 5. The Morgan fingerprint density at radius 2 is 2.23 bits per heavy atom. The van der Waals surface area contributed by atoms with E-state index in [1.807, 2.05) is 24.4 Å². The molecule has 3 aromatic heterocycles. The highest BCUT2D eigenvalue weighted by Gasteiger charge is 2.21. The summed E-state index contributed by atoms with van der Waals surface area (Å²) in [6.45, 7) is 2.38. The van der Waals surface area contributed by atoms with Gasteiger partial charge in [0.15, 0.2) is 0 Å². The van der Waals surface area contributed by atoms with Crippen LogP contribution in [0.1, 0.15) is 20.1 Å². The molecule has 7 heteroatoms. The summed E-state index contributed by atoms with van der Waals surface area (Å²) in [7, 11) is 3.44. The number of amides is 1. The van der Waals surface area contributed by atoms with E-state index >= 15 is 0 Å². The highest BCUT2D eigenvalue weighted by Crippen LogP contribution is 2.28. The van der Waals surface area contributed by atoms with Crippen molar-refractivity contribution in [3.05, 3.63) is 49.5 Å². The lowest BCUT2D eigenvalue weighted by atomic mass is 10.2. The Hall–Kier alpha value is -1.99. The standard InChI is InChI=1S/C15H15N3O2S2/c1-9-11-13(16-8-18(3)14(11)19)22-12(9)15(20)17(2)7-10-5-4-6-21-10/h4-6,8H,7H2,1-3H3. The van der Waals surface area contributed by atoms with Crippen LogP contribution in [0, 0.1) is 6.92 Å². The zero-order valence-electron chi connectivity index (χ0n) is 12.5. The number of carbonyl (C=O) groups excluding carboxylic acids is 1. The molecular weight excluding hydrogens is 318 g/mol. The molecule has 1 amide bonds. The molecule has 0 radical (unpaired) electrons. The first-order valence-corrected chi connectivity index (χ1v) is 8.41. The van der Waals surface area contributed by atoms with Crippen molar-refractivity contribution in [2.45, 2.75) is 13.5 Å². The van der Waals surface area contributed by atoms with E-state index in [1.54, 1.807) is 30.3 Å². The highest BCUT2D eigenvalue weighted by molar-refractivity contribution is 7.20. The van der Waals surface area contributed by atoms with Crippen LogP contribution in [0.3, 0.4) is 0 Å². The van der Waals surface area contributed by atoms with Gasteiger partial charge in [-0.15, -0.1) is 22.7 Å². The predicted octanol–water partition coefficient (Wildman–Crippen LogP) is 2.64. The number of fused-ring (bicyclic) bond motifs is 1. The molecule has 0 aliphatic rings. The molecule has 0 aliphatic carbocycles. The smallest absolute Gasteiger partial charge is 0.264 e. The molecule has 0 spiro atoms. The monoisotopic (exact) mass is 333 g/mol. The van der Waals surface area contributed by atoms with Crippen LogP contribution in [-0.2, 0) is 13.6 Å². The fourth-order valence-electron chi connectivity index (χ4n) is 2.29. The third kappa shape index (κ3) is 2.46. The highest BCUT2D eigenvalue weighted by atomic mass is 32.1. The summed E-state index contributed by atoms with van der Waals surface area (Å²) in [5.41, 5.74) is 0.607. The van der Waals surface area contributed by atoms with E-state index in [2.05, 4.69) is 4.98 Å². The maximum Gasteiger partial charge on any atom is 0.264 e. The van der Waals surface area contributed by atoms with Crippen molar-refractivity contribution in [3.8, 4) is 0 Å². The molecule has 114 valence electrons. The zero-order chi connectivity index (χ0) is 15.9. The van der Waals surface area contributed by atoms with Gasteiger partial charge in [-0.05, 0) is 23.9 Å². The average Bonchev–Trinajstić information content (AvgIpc) is 3.10. The van der Waals surface area contributed by atoms with Gasteiger partial charge in [0.2, 0.25) is 0 Å². The Bertz CT molecular complexity index is 894. The second-order valence-corrected chi connectivity index (χ2v) is 7.17. The van der Waals surface area contributed by atoms with Crippen LogP contribution in [0.2, 0.25) is 0 Å². The van der Waals surface area contributed by atoms with Gasteiger partial charge in [-0.1, -0.05) is 6.07 Å². The molecule has 0 aromatic carbocycles. The van der Waals surface area contributed by atoms with Gasteiger partial charge in [-0.3, -0.25) is 9.59 Å². The quantitative estimate of drug-likeness (QED) is 0.740. The summed E-state index contributed by atoms with van der Waals surface area (Å²) in [6.07, 6.45) is 1.49. The summed E-state index contributed by atoms with van der Waals surface area (Å²) >= 11 is 2.90. The van der Waals surface area contributed by atoms with Gasteiger partial charge >= 0.3 is 0 Å². The van der Waals surface area contributed by atoms with E-state index < -0.39 is 0 Å².